The van der Waals surface area contributed by atoms with E-state index in [4.69, 9.17) is 5.11 Å². The van der Waals surface area contributed by atoms with Crippen molar-refractivity contribution in [1.29, 1.82) is 0 Å². The summed E-state index contributed by atoms with van der Waals surface area (Å²) in [6.45, 7) is 2.08. The molecule has 0 atom stereocenters. The van der Waals surface area contributed by atoms with E-state index in [1.54, 1.807) is 0 Å². The highest BCUT2D eigenvalue weighted by atomic mass is 16.3. The monoisotopic (exact) mass is 220 g/mol. The van der Waals surface area contributed by atoms with Gasteiger partial charge in [-0.05, 0) is 25.0 Å². The molecule has 0 unspecified atom stereocenters. The van der Waals surface area contributed by atoms with Crippen LogP contribution in [-0.2, 0) is 6.42 Å². The second-order valence-electron chi connectivity index (χ2n) is 4.42. The number of aromatic nitrogens is 1. The molecular formula is C13H20N2O. The summed E-state index contributed by atoms with van der Waals surface area (Å²) >= 11 is 0. The maximum absolute atomic E-state index is 9.05. The first kappa shape index (κ1) is 11.6. The Bertz CT molecular complexity index is 298. The lowest BCUT2D eigenvalue weighted by Crippen LogP contribution is -2.42. The Morgan fingerprint density at radius 1 is 1.31 bits per heavy atom. The van der Waals surface area contributed by atoms with Gasteiger partial charge in [-0.15, -0.1) is 0 Å². The topological polar surface area (TPSA) is 36.4 Å². The van der Waals surface area contributed by atoms with E-state index in [9.17, 15) is 0 Å². The Hall–Kier alpha value is -0.930. The summed E-state index contributed by atoms with van der Waals surface area (Å²) in [6.07, 6.45) is 6.76. The number of aliphatic hydroxyl groups excluding tert-OH is 1. The van der Waals surface area contributed by atoms with Crippen LogP contribution in [0.4, 0.5) is 0 Å². The predicted octanol–water partition coefficient (Wildman–Crippen LogP) is 1.47. The molecule has 1 aliphatic carbocycles. The van der Waals surface area contributed by atoms with Gasteiger partial charge < -0.3 is 5.11 Å². The first-order chi connectivity index (χ1) is 7.90. The highest BCUT2D eigenvalue weighted by Gasteiger charge is 2.23. The molecule has 0 radical (unpaired) electrons. The van der Waals surface area contributed by atoms with Crippen molar-refractivity contribution in [2.45, 2.75) is 31.7 Å². The Kier molecular flexibility index (Phi) is 4.31. The van der Waals surface area contributed by atoms with Crippen molar-refractivity contribution < 1.29 is 5.11 Å². The van der Waals surface area contributed by atoms with Gasteiger partial charge >= 0.3 is 0 Å². The average molecular weight is 220 g/mol. The SMILES string of the molecule is OCCN(CCc1ccccn1)C1CCC1. The summed E-state index contributed by atoms with van der Waals surface area (Å²) in [5.74, 6) is 0. The Labute approximate surface area is 97.1 Å². The van der Waals surface area contributed by atoms with Gasteiger partial charge in [0.05, 0.1) is 6.61 Å². The molecule has 0 amide bonds. The normalized spacial score (nSPS) is 16.4. The first-order valence-corrected chi connectivity index (χ1v) is 6.15. The molecule has 88 valence electrons. The molecule has 3 heteroatoms. The van der Waals surface area contributed by atoms with E-state index < -0.39 is 0 Å². The predicted molar refractivity (Wildman–Crippen MR) is 64.2 cm³/mol. The van der Waals surface area contributed by atoms with Crippen LogP contribution >= 0.6 is 0 Å². The number of aliphatic hydroxyl groups is 1. The van der Waals surface area contributed by atoms with Gasteiger partial charge in [-0.1, -0.05) is 12.5 Å². The minimum Gasteiger partial charge on any atom is -0.395 e. The average Bonchev–Trinajstić information content (AvgIpc) is 2.25. The summed E-state index contributed by atoms with van der Waals surface area (Å²) in [6, 6.07) is 6.75. The lowest BCUT2D eigenvalue weighted by molar-refractivity contribution is 0.102. The van der Waals surface area contributed by atoms with Gasteiger partial charge in [-0.2, -0.15) is 0 Å². The number of hydrogen-bond acceptors (Lipinski definition) is 3. The molecule has 0 bridgehead atoms. The summed E-state index contributed by atoms with van der Waals surface area (Å²) in [5, 5.41) is 9.05. The van der Waals surface area contributed by atoms with Crippen molar-refractivity contribution in [2.75, 3.05) is 19.7 Å². The molecule has 1 heterocycles. The van der Waals surface area contributed by atoms with Gasteiger partial charge in [-0.3, -0.25) is 9.88 Å². The molecule has 3 nitrogen and oxygen atoms in total. The summed E-state index contributed by atoms with van der Waals surface area (Å²) < 4.78 is 0. The molecule has 1 aromatic rings. The molecule has 2 rings (SSSR count). The fraction of sp³-hybridized carbons (Fsp3) is 0.615. The number of nitrogens with zero attached hydrogens (tertiary/aromatic N) is 2. The molecule has 1 saturated carbocycles. The third kappa shape index (κ3) is 3.03. The molecule has 1 aliphatic rings. The maximum Gasteiger partial charge on any atom is 0.0558 e. The smallest absolute Gasteiger partial charge is 0.0558 e. The van der Waals surface area contributed by atoms with Crippen molar-refractivity contribution in [2.24, 2.45) is 0 Å². The molecular weight excluding hydrogens is 200 g/mol. The van der Waals surface area contributed by atoms with E-state index in [-0.39, 0.29) is 6.61 Å². The Balaban J connectivity index is 1.81. The van der Waals surface area contributed by atoms with Crippen molar-refractivity contribution >= 4 is 0 Å². The number of rotatable bonds is 6. The molecule has 0 aliphatic heterocycles. The summed E-state index contributed by atoms with van der Waals surface area (Å²) in [7, 11) is 0. The van der Waals surface area contributed by atoms with Crippen LogP contribution in [0.15, 0.2) is 24.4 Å². The van der Waals surface area contributed by atoms with Crippen LogP contribution in [0.5, 0.6) is 0 Å². The molecule has 16 heavy (non-hydrogen) atoms. The third-order valence-corrected chi connectivity index (χ3v) is 3.36. The highest BCUT2D eigenvalue weighted by molar-refractivity contribution is 5.04. The van der Waals surface area contributed by atoms with Crippen LogP contribution in [0.3, 0.4) is 0 Å². The Morgan fingerprint density at radius 2 is 2.19 bits per heavy atom. The Morgan fingerprint density at radius 3 is 2.75 bits per heavy atom. The minimum absolute atomic E-state index is 0.263. The van der Waals surface area contributed by atoms with Gasteiger partial charge in [0.2, 0.25) is 0 Å². The van der Waals surface area contributed by atoms with E-state index in [0.717, 1.165) is 25.2 Å². The van der Waals surface area contributed by atoms with Gasteiger partial charge in [0.1, 0.15) is 0 Å². The largest absolute Gasteiger partial charge is 0.395 e. The number of pyridine rings is 1. The molecule has 1 fully saturated rings. The van der Waals surface area contributed by atoms with Crippen molar-refractivity contribution in [3.8, 4) is 0 Å². The second kappa shape index (κ2) is 5.97. The van der Waals surface area contributed by atoms with Crippen molar-refractivity contribution in [3.05, 3.63) is 30.1 Å². The van der Waals surface area contributed by atoms with E-state index >= 15 is 0 Å². The van der Waals surface area contributed by atoms with Crippen molar-refractivity contribution in [1.82, 2.24) is 9.88 Å². The zero-order chi connectivity index (χ0) is 11.2. The molecule has 0 saturated heterocycles. The van der Waals surface area contributed by atoms with Crippen molar-refractivity contribution in [3.63, 3.8) is 0 Å². The lowest BCUT2D eigenvalue weighted by Gasteiger charge is -2.37. The maximum atomic E-state index is 9.05. The fourth-order valence-electron chi connectivity index (χ4n) is 2.16. The summed E-state index contributed by atoms with van der Waals surface area (Å²) in [4.78, 5) is 6.73. The highest BCUT2D eigenvalue weighted by Crippen LogP contribution is 2.24. The van der Waals surface area contributed by atoms with Crippen LogP contribution in [0.25, 0.3) is 0 Å². The quantitative estimate of drug-likeness (QED) is 0.788. The minimum atomic E-state index is 0.263. The van der Waals surface area contributed by atoms with E-state index in [2.05, 4.69) is 16.0 Å². The van der Waals surface area contributed by atoms with E-state index in [0.29, 0.717) is 6.04 Å². The van der Waals surface area contributed by atoms with Gasteiger partial charge in [0, 0.05) is 37.4 Å². The summed E-state index contributed by atoms with van der Waals surface area (Å²) in [5.41, 5.74) is 1.14. The standard InChI is InChI=1S/C13H20N2O/c16-11-10-15(13-5-3-6-13)9-7-12-4-1-2-8-14-12/h1-2,4,8,13,16H,3,5-7,9-11H2. The van der Waals surface area contributed by atoms with Gasteiger partial charge in [0.15, 0.2) is 0 Å². The van der Waals surface area contributed by atoms with E-state index in [1.807, 2.05) is 18.3 Å². The number of hydrogen-bond donors (Lipinski definition) is 1. The fourth-order valence-corrected chi connectivity index (χ4v) is 2.16. The van der Waals surface area contributed by atoms with Gasteiger partial charge in [0.25, 0.3) is 0 Å². The van der Waals surface area contributed by atoms with Crippen LogP contribution in [0.2, 0.25) is 0 Å². The molecule has 1 aromatic heterocycles. The molecule has 0 aromatic carbocycles. The zero-order valence-corrected chi connectivity index (χ0v) is 9.68. The van der Waals surface area contributed by atoms with Crippen LogP contribution in [-0.4, -0.2) is 40.7 Å². The van der Waals surface area contributed by atoms with Crippen LogP contribution in [0.1, 0.15) is 25.0 Å². The first-order valence-electron chi connectivity index (χ1n) is 6.15. The third-order valence-electron chi connectivity index (χ3n) is 3.36. The zero-order valence-electron chi connectivity index (χ0n) is 9.68. The van der Waals surface area contributed by atoms with Gasteiger partial charge in [-0.25, -0.2) is 0 Å². The van der Waals surface area contributed by atoms with Crippen LogP contribution < -0.4 is 0 Å². The molecule has 0 spiro atoms. The molecule has 1 N–H and O–H groups in total. The van der Waals surface area contributed by atoms with E-state index in [1.165, 1.54) is 19.3 Å². The van der Waals surface area contributed by atoms with Crippen LogP contribution in [0, 0.1) is 0 Å². The second-order valence-corrected chi connectivity index (χ2v) is 4.42. The lowest BCUT2D eigenvalue weighted by atomic mass is 9.91.